The van der Waals surface area contributed by atoms with Gasteiger partial charge in [-0.2, -0.15) is 0 Å². The van der Waals surface area contributed by atoms with Crippen molar-refractivity contribution in [2.75, 3.05) is 6.61 Å². The van der Waals surface area contributed by atoms with Crippen LogP contribution < -0.4 is 0 Å². The van der Waals surface area contributed by atoms with Crippen molar-refractivity contribution < 1.29 is 14.3 Å². The molecule has 0 heterocycles. The van der Waals surface area contributed by atoms with E-state index in [0.29, 0.717) is 16.6 Å². The summed E-state index contributed by atoms with van der Waals surface area (Å²) in [5.41, 5.74) is 1.38. The van der Waals surface area contributed by atoms with Gasteiger partial charge in [0.25, 0.3) is 14.3 Å². The summed E-state index contributed by atoms with van der Waals surface area (Å²) in [6, 6.07) is 0. The van der Waals surface area contributed by atoms with Crippen molar-refractivity contribution in [2.45, 2.75) is 83.8 Å². The lowest BCUT2D eigenvalue weighted by molar-refractivity contribution is -0.136. The standard InChI is InChI=1S/C15H32O3Si/c1-7-12(4)19(13(5)8-2,14(6)9-3)18-15(17)10-11-16/h12-14,16H,7-11H2,1-6H3. The number of carbonyl (C=O) groups is 1. The molecule has 0 spiro atoms. The Morgan fingerprint density at radius 3 is 1.63 bits per heavy atom. The maximum Gasteiger partial charge on any atom is 0.294 e. The fourth-order valence-corrected chi connectivity index (χ4v) is 8.98. The molecule has 0 bridgehead atoms. The van der Waals surface area contributed by atoms with Crippen LogP contribution in [0.4, 0.5) is 0 Å². The second-order valence-electron chi connectivity index (χ2n) is 5.73. The van der Waals surface area contributed by atoms with Crippen LogP contribution in [-0.4, -0.2) is 26.0 Å². The summed E-state index contributed by atoms with van der Waals surface area (Å²) in [5, 5.41) is 8.94. The van der Waals surface area contributed by atoms with Crippen molar-refractivity contribution in [3.05, 3.63) is 0 Å². The molecule has 3 atom stereocenters. The van der Waals surface area contributed by atoms with Crippen LogP contribution >= 0.6 is 0 Å². The predicted octanol–water partition coefficient (Wildman–Crippen LogP) is 4.26. The monoisotopic (exact) mass is 288 g/mol. The zero-order valence-electron chi connectivity index (χ0n) is 13.5. The van der Waals surface area contributed by atoms with Crippen molar-refractivity contribution in [1.29, 1.82) is 0 Å². The van der Waals surface area contributed by atoms with Crippen molar-refractivity contribution >= 4 is 14.3 Å². The van der Waals surface area contributed by atoms with Gasteiger partial charge < -0.3 is 9.53 Å². The van der Waals surface area contributed by atoms with Crippen molar-refractivity contribution in [3.8, 4) is 0 Å². The Balaban J connectivity index is 5.41. The van der Waals surface area contributed by atoms with Gasteiger partial charge in [0, 0.05) is 0 Å². The van der Waals surface area contributed by atoms with Crippen molar-refractivity contribution in [3.63, 3.8) is 0 Å². The first kappa shape index (κ1) is 18.6. The molecule has 0 fully saturated rings. The Hall–Kier alpha value is -0.353. The number of aliphatic hydroxyl groups is 1. The van der Waals surface area contributed by atoms with Gasteiger partial charge in [0.1, 0.15) is 0 Å². The number of hydrogen-bond donors (Lipinski definition) is 1. The van der Waals surface area contributed by atoms with E-state index in [0.717, 1.165) is 19.3 Å². The Labute approximate surface area is 119 Å². The molecule has 0 rings (SSSR count). The van der Waals surface area contributed by atoms with Crippen LogP contribution in [0.15, 0.2) is 0 Å². The second kappa shape index (κ2) is 8.75. The van der Waals surface area contributed by atoms with E-state index in [2.05, 4.69) is 41.5 Å². The summed E-state index contributed by atoms with van der Waals surface area (Å²) in [5.74, 6) is -0.213. The van der Waals surface area contributed by atoms with E-state index in [1.54, 1.807) is 0 Å². The van der Waals surface area contributed by atoms with E-state index < -0.39 is 8.32 Å². The minimum atomic E-state index is -2.17. The molecule has 0 aliphatic rings. The first-order valence-electron chi connectivity index (χ1n) is 7.73. The van der Waals surface area contributed by atoms with Gasteiger partial charge in [0.05, 0.1) is 13.0 Å². The minimum absolute atomic E-state index is 0.120. The molecule has 0 aromatic carbocycles. The van der Waals surface area contributed by atoms with Crippen LogP contribution in [0.1, 0.15) is 67.2 Å². The van der Waals surface area contributed by atoms with Crippen molar-refractivity contribution in [1.82, 2.24) is 0 Å². The molecule has 1 N–H and O–H groups in total. The molecule has 3 unspecified atom stereocenters. The number of hydrogen-bond acceptors (Lipinski definition) is 3. The van der Waals surface area contributed by atoms with Crippen LogP contribution in [0.2, 0.25) is 16.6 Å². The van der Waals surface area contributed by atoms with E-state index in [-0.39, 0.29) is 19.0 Å². The van der Waals surface area contributed by atoms with E-state index in [9.17, 15) is 4.79 Å². The van der Waals surface area contributed by atoms with Crippen LogP contribution in [0, 0.1) is 0 Å². The molecule has 19 heavy (non-hydrogen) atoms. The van der Waals surface area contributed by atoms with Crippen molar-refractivity contribution in [2.24, 2.45) is 0 Å². The van der Waals surface area contributed by atoms with Gasteiger partial charge in [0.2, 0.25) is 0 Å². The lowest BCUT2D eigenvalue weighted by Gasteiger charge is -2.44. The molecule has 0 radical (unpaired) electrons. The molecule has 0 aliphatic heterocycles. The molecule has 3 nitrogen and oxygen atoms in total. The highest BCUT2D eigenvalue weighted by atomic mass is 28.4. The van der Waals surface area contributed by atoms with Crippen LogP contribution in [0.3, 0.4) is 0 Å². The van der Waals surface area contributed by atoms with Gasteiger partial charge in [0.15, 0.2) is 0 Å². The lowest BCUT2D eigenvalue weighted by Crippen LogP contribution is -2.51. The Bertz CT molecular complexity index is 242. The molecule has 114 valence electrons. The van der Waals surface area contributed by atoms with Crippen LogP contribution in [0.5, 0.6) is 0 Å². The average Bonchev–Trinajstić information content (AvgIpc) is 2.42. The fourth-order valence-electron chi connectivity index (χ4n) is 3.06. The summed E-state index contributed by atoms with van der Waals surface area (Å²) in [7, 11) is -2.17. The summed E-state index contributed by atoms with van der Waals surface area (Å²) in [6.45, 7) is 13.1. The third-order valence-corrected chi connectivity index (χ3v) is 11.2. The summed E-state index contributed by atoms with van der Waals surface area (Å²) >= 11 is 0. The highest BCUT2D eigenvalue weighted by molar-refractivity contribution is 6.79. The number of rotatable bonds is 9. The Kier molecular flexibility index (Phi) is 8.58. The zero-order valence-corrected chi connectivity index (χ0v) is 14.5. The summed E-state index contributed by atoms with van der Waals surface area (Å²) in [6.07, 6.45) is 3.27. The largest absolute Gasteiger partial charge is 0.518 e. The highest BCUT2D eigenvalue weighted by Crippen LogP contribution is 2.47. The summed E-state index contributed by atoms with van der Waals surface area (Å²) < 4.78 is 6.08. The first-order chi connectivity index (χ1) is 8.90. The quantitative estimate of drug-likeness (QED) is 0.645. The predicted molar refractivity (Wildman–Crippen MR) is 82.7 cm³/mol. The van der Waals surface area contributed by atoms with Gasteiger partial charge >= 0.3 is 0 Å². The molecule has 0 aromatic heterocycles. The zero-order chi connectivity index (χ0) is 15.1. The minimum Gasteiger partial charge on any atom is -0.518 e. The van der Waals surface area contributed by atoms with Gasteiger partial charge in [-0.3, -0.25) is 4.79 Å². The molecular formula is C15H32O3Si. The van der Waals surface area contributed by atoms with Gasteiger partial charge in [-0.25, -0.2) is 0 Å². The first-order valence-corrected chi connectivity index (χ1v) is 9.87. The summed E-state index contributed by atoms with van der Waals surface area (Å²) in [4.78, 5) is 12.0. The third kappa shape index (κ3) is 4.31. The molecule has 0 aliphatic carbocycles. The van der Waals surface area contributed by atoms with Crippen LogP contribution in [-0.2, 0) is 9.22 Å². The third-order valence-electron chi connectivity index (χ3n) is 4.75. The number of carbonyl (C=O) groups excluding carboxylic acids is 1. The Morgan fingerprint density at radius 2 is 1.37 bits per heavy atom. The highest BCUT2D eigenvalue weighted by Gasteiger charge is 2.51. The maximum atomic E-state index is 12.0. The second-order valence-corrected chi connectivity index (χ2v) is 10.6. The molecule has 0 saturated heterocycles. The molecule has 0 saturated carbocycles. The van der Waals surface area contributed by atoms with E-state index in [1.165, 1.54) is 0 Å². The van der Waals surface area contributed by atoms with Gasteiger partial charge in [-0.05, 0) is 16.6 Å². The molecule has 0 amide bonds. The molecule has 0 aromatic rings. The van der Waals surface area contributed by atoms with E-state index in [4.69, 9.17) is 9.53 Å². The maximum absolute atomic E-state index is 12.0. The van der Waals surface area contributed by atoms with E-state index >= 15 is 0 Å². The fraction of sp³-hybridized carbons (Fsp3) is 0.933. The molecule has 4 heteroatoms. The number of aliphatic hydroxyl groups excluding tert-OH is 1. The van der Waals surface area contributed by atoms with Crippen LogP contribution in [0.25, 0.3) is 0 Å². The normalized spacial score (nSPS) is 19.3. The molecular weight excluding hydrogens is 256 g/mol. The van der Waals surface area contributed by atoms with Gasteiger partial charge in [-0.15, -0.1) is 0 Å². The van der Waals surface area contributed by atoms with E-state index in [1.807, 2.05) is 0 Å². The topological polar surface area (TPSA) is 46.5 Å². The average molecular weight is 289 g/mol. The smallest absolute Gasteiger partial charge is 0.294 e. The lowest BCUT2D eigenvalue weighted by atomic mass is 10.3. The van der Waals surface area contributed by atoms with Gasteiger partial charge in [-0.1, -0.05) is 60.8 Å². The Morgan fingerprint density at radius 1 is 1.00 bits per heavy atom. The SMILES string of the molecule is CCC(C)[Si](OC(=O)CCO)(C(C)CC)C(C)CC.